The number of nitrogens with zero attached hydrogens (tertiary/aromatic N) is 1. The zero-order chi connectivity index (χ0) is 12.3. The monoisotopic (exact) mass is 289 g/mol. The van der Waals surface area contributed by atoms with Crippen LogP contribution in [0, 0.1) is 0 Å². The average molecular weight is 290 g/mol. The van der Waals surface area contributed by atoms with Gasteiger partial charge >= 0.3 is 0 Å². The molecule has 0 fully saturated rings. The van der Waals surface area contributed by atoms with Crippen molar-refractivity contribution in [1.82, 2.24) is 0 Å². The van der Waals surface area contributed by atoms with Gasteiger partial charge < -0.3 is 12.4 Å². The second-order valence-electron chi connectivity index (χ2n) is 4.69. The number of aryl methyl sites for hydroxylation is 1. The van der Waals surface area contributed by atoms with Crippen molar-refractivity contribution < 1.29 is 17.0 Å². The second kappa shape index (κ2) is 11.8. The molecule has 0 amide bonds. The molecule has 18 heavy (non-hydrogen) atoms. The van der Waals surface area contributed by atoms with Crippen LogP contribution < -0.4 is 17.0 Å². The van der Waals surface area contributed by atoms with Gasteiger partial charge in [-0.05, 0) is 24.1 Å². The van der Waals surface area contributed by atoms with Crippen LogP contribution in [0.1, 0.15) is 58.3 Å². The molecular formula is C15H25Cl2N. The maximum Gasteiger partial charge on any atom is 0.274 e. The quantitative estimate of drug-likeness (QED) is 0.371. The van der Waals surface area contributed by atoms with Crippen molar-refractivity contribution in [3.8, 4) is 0 Å². The summed E-state index contributed by atoms with van der Waals surface area (Å²) >= 11 is 6.08. The van der Waals surface area contributed by atoms with Crippen LogP contribution in [0.25, 0.3) is 0 Å². The van der Waals surface area contributed by atoms with E-state index in [0.717, 1.165) is 11.7 Å². The largest absolute Gasteiger partial charge is 1.00 e. The van der Waals surface area contributed by atoms with E-state index in [1.54, 1.807) is 0 Å². The summed E-state index contributed by atoms with van der Waals surface area (Å²) in [6.45, 7) is 3.31. The van der Waals surface area contributed by atoms with Gasteiger partial charge in [-0.15, -0.1) is 0 Å². The smallest absolute Gasteiger partial charge is 0.274 e. The van der Waals surface area contributed by atoms with E-state index in [1.165, 1.54) is 51.4 Å². The van der Waals surface area contributed by atoms with Gasteiger partial charge in [-0.25, -0.2) is 0 Å². The van der Waals surface area contributed by atoms with Gasteiger partial charge in [0.2, 0.25) is 0 Å². The van der Waals surface area contributed by atoms with Gasteiger partial charge in [0.15, 0.2) is 6.20 Å². The number of hydrogen-bond donors (Lipinski definition) is 0. The fraction of sp³-hybridized carbons (Fsp3) is 0.667. The van der Waals surface area contributed by atoms with Crippen molar-refractivity contribution in [2.24, 2.45) is 0 Å². The van der Waals surface area contributed by atoms with Crippen molar-refractivity contribution in [2.45, 2.75) is 64.8 Å². The fourth-order valence-electron chi connectivity index (χ4n) is 2.05. The summed E-state index contributed by atoms with van der Waals surface area (Å²) in [5.74, 6) is 0. The molecule has 0 saturated heterocycles. The number of aromatic nitrogens is 1. The Labute approximate surface area is 123 Å². The fourth-order valence-corrected chi connectivity index (χ4v) is 2.27. The normalized spacial score (nSPS) is 10.1. The highest BCUT2D eigenvalue weighted by atomic mass is 35.5. The zero-order valence-corrected chi connectivity index (χ0v) is 12.9. The molecule has 0 aromatic carbocycles. The van der Waals surface area contributed by atoms with Crippen LogP contribution in [-0.4, -0.2) is 0 Å². The van der Waals surface area contributed by atoms with Crippen LogP contribution in [0.3, 0.4) is 0 Å². The summed E-state index contributed by atoms with van der Waals surface area (Å²) in [6.07, 6.45) is 12.9. The van der Waals surface area contributed by atoms with E-state index in [0.29, 0.717) is 0 Å². The van der Waals surface area contributed by atoms with Crippen LogP contribution in [-0.2, 0) is 6.54 Å². The molecule has 1 heterocycles. The molecule has 0 N–H and O–H groups in total. The number of hydrogen-bond acceptors (Lipinski definition) is 0. The molecule has 1 rings (SSSR count). The predicted octanol–water partition coefficient (Wildman–Crippen LogP) is 1.77. The maximum absolute atomic E-state index is 6.08. The summed E-state index contributed by atoms with van der Waals surface area (Å²) < 4.78 is 2.12. The van der Waals surface area contributed by atoms with Crippen LogP contribution >= 0.6 is 11.6 Å². The number of unbranched alkanes of at least 4 members (excludes halogenated alkanes) is 7. The van der Waals surface area contributed by atoms with Crippen molar-refractivity contribution in [2.75, 3.05) is 0 Å². The highest BCUT2D eigenvalue weighted by Gasteiger charge is 2.04. The molecule has 0 saturated carbocycles. The van der Waals surface area contributed by atoms with Crippen LogP contribution in [0.4, 0.5) is 0 Å². The lowest BCUT2D eigenvalue weighted by atomic mass is 10.1. The first-order valence-electron chi connectivity index (χ1n) is 6.98. The Morgan fingerprint density at radius 2 is 1.56 bits per heavy atom. The van der Waals surface area contributed by atoms with Gasteiger partial charge in [-0.1, -0.05) is 45.4 Å². The van der Waals surface area contributed by atoms with E-state index in [4.69, 9.17) is 11.6 Å². The topological polar surface area (TPSA) is 3.88 Å². The van der Waals surface area contributed by atoms with E-state index in [1.807, 2.05) is 18.2 Å². The molecule has 0 atom stereocenters. The zero-order valence-electron chi connectivity index (χ0n) is 11.4. The molecule has 3 heteroatoms. The van der Waals surface area contributed by atoms with Gasteiger partial charge in [0.25, 0.3) is 5.15 Å². The van der Waals surface area contributed by atoms with Crippen molar-refractivity contribution in [3.63, 3.8) is 0 Å². The molecule has 1 aromatic rings. The molecule has 0 aliphatic carbocycles. The van der Waals surface area contributed by atoms with Crippen LogP contribution in [0.5, 0.6) is 0 Å². The first-order chi connectivity index (χ1) is 8.34. The molecule has 0 spiro atoms. The first-order valence-corrected chi connectivity index (χ1v) is 7.36. The van der Waals surface area contributed by atoms with E-state index in [2.05, 4.69) is 17.7 Å². The standard InChI is InChI=1S/C15H25ClN.ClH/c1-2-3-4-5-6-7-8-10-13-17-14-11-9-12-15(17)16;/h9,11-12,14H,2-8,10,13H2,1H3;1H/q+1;/p-1. The van der Waals surface area contributed by atoms with Gasteiger partial charge in [-0.2, -0.15) is 4.57 Å². The number of pyridine rings is 1. The average Bonchev–Trinajstić information content (AvgIpc) is 2.35. The Morgan fingerprint density at radius 3 is 2.17 bits per heavy atom. The summed E-state index contributed by atoms with van der Waals surface area (Å²) in [4.78, 5) is 0. The minimum Gasteiger partial charge on any atom is -1.00 e. The third-order valence-corrected chi connectivity index (χ3v) is 3.48. The maximum atomic E-state index is 6.08. The highest BCUT2D eigenvalue weighted by molar-refractivity contribution is 6.28. The van der Waals surface area contributed by atoms with Crippen LogP contribution in [0.2, 0.25) is 5.15 Å². The molecule has 0 aliphatic rings. The lowest BCUT2D eigenvalue weighted by Gasteiger charge is -2.01. The molecule has 0 unspecified atom stereocenters. The van der Waals surface area contributed by atoms with E-state index >= 15 is 0 Å². The predicted molar refractivity (Wildman–Crippen MR) is 74.3 cm³/mol. The van der Waals surface area contributed by atoms with Crippen molar-refractivity contribution >= 4 is 11.6 Å². The Balaban J connectivity index is 0.00000289. The van der Waals surface area contributed by atoms with Gasteiger partial charge in [0, 0.05) is 18.6 Å². The lowest BCUT2D eigenvalue weighted by molar-refractivity contribution is -0.695. The summed E-state index contributed by atoms with van der Waals surface area (Å²) in [6, 6.07) is 5.97. The minimum atomic E-state index is 0. The Bertz CT molecular complexity index is 302. The molecule has 0 aliphatic heterocycles. The summed E-state index contributed by atoms with van der Waals surface area (Å²) in [5, 5.41) is 0.843. The number of halogens is 2. The third-order valence-electron chi connectivity index (χ3n) is 3.14. The molecule has 0 radical (unpaired) electrons. The molecular weight excluding hydrogens is 265 g/mol. The van der Waals surface area contributed by atoms with E-state index in [-0.39, 0.29) is 12.4 Å². The van der Waals surface area contributed by atoms with Crippen LogP contribution in [0.15, 0.2) is 24.4 Å². The summed E-state index contributed by atoms with van der Waals surface area (Å²) in [5.41, 5.74) is 0. The van der Waals surface area contributed by atoms with Gasteiger partial charge in [0.05, 0.1) is 0 Å². The highest BCUT2D eigenvalue weighted by Crippen LogP contribution is 2.08. The Morgan fingerprint density at radius 1 is 0.944 bits per heavy atom. The molecule has 1 nitrogen and oxygen atoms in total. The molecule has 104 valence electrons. The SMILES string of the molecule is CCCCCCCCCC[n+]1ccccc1Cl.[Cl-]. The second-order valence-corrected chi connectivity index (χ2v) is 5.08. The van der Waals surface area contributed by atoms with Crippen molar-refractivity contribution in [3.05, 3.63) is 29.5 Å². The summed E-state index contributed by atoms with van der Waals surface area (Å²) in [7, 11) is 0. The van der Waals surface area contributed by atoms with E-state index in [9.17, 15) is 0 Å². The first kappa shape index (κ1) is 17.7. The minimum absolute atomic E-state index is 0. The molecule has 0 bridgehead atoms. The van der Waals surface area contributed by atoms with Gasteiger partial charge in [0.1, 0.15) is 6.54 Å². The Hall–Kier alpha value is -0.270. The third kappa shape index (κ3) is 7.94. The molecule has 1 aromatic heterocycles. The van der Waals surface area contributed by atoms with Gasteiger partial charge in [-0.3, -0.25) is 0 Å². The number of rotatable bonds is 9. The van der Waals surface area contributed by atoms with Crippen molar-refractivity contribution in [1.29, 1.82) is 0 Å². The Kier molecular flexibility index (Phi) is 11.6. The van der Waals surface area contributed by atoms with E-state index < -0.39 is 0 Å². The lowest BCUT2D eigenvalue weighted by Crippen LogP contribution is -3.00.